The van der Waals surface area contributed by atoms with E-state index in [1.54, 1.807) is 13.8 Å². The van der Waals surface area contributed by atoms with Gasteiger partial charge in [-0.15, -0.1) is 0 Å². The summed E-state index contributed by atoms with van der Waals surface area (Å²) < 4.78 is 26.8. The molecule has 0 radical (unpaired) electrons. The maximum atomic E-state index is 11.8. The van der Waals surface area contributed by atoms with Gasteiger partial charge in [0.1, 0.15) is 6.61 Å². The van der Waals surface area contributed by atoms with Gasteiger partial charge in [0.25, 0.3) is 0 Å². The molecule has 1 atom stereocenters. The SMILES string of the molecule is CCC(C)(C)C(=O)OCCOP(=O)(O)OCC[P+](CC)(CC)CC. The van der Waals surface area contributed by atoms with E-state index in [4.69, 9.17) is 13.8 Å². The summed E-state index contributed by atoms with van der Waals surface area (Å²) in [7, 11) is -5.17. The second-order valence-electron chi connectivity index (χ2n) is 6.52. The van der Waals surface area contributed by atoms with Crippen molar-refractivity contribution in [3.05, 3.63) is 0 Å². The lowest BCUT2D eigenvalue weighted by atomic mass is 9.91. The summed E-state index contributed by atoms with van der Waals surface area (Å²) in [6.45, 7) is 12.0. The van der Waals surface area contributed by atoms with E-state index in [0.717, 1.165) is 24.6 Å². The quantitative estimate of drug-likeness (QED) is 0.291. The van der Waals surface area contributed by atoms with Crippen LogP contribution in [-0.2, 0) is 23.1 Å². The van der Waals surface area contributed by atoms with Gasteiger partial charge in [-0.3, -0.25) is 13.8 Å². The maximum absolute atomic E-state index is 11.8. The number of hydrogen-bond acceptors (Lipinski definition) is 5. The molecule has 0 saturated carbocycles. The van der Waals surface area contributed by atoms with Crippen LogP contribution in [-0.4, -0.2) is 55.3 Å². The number of carbonyl (C=O) groups excluding carboxylic acids is 1. The van der Waals surface area contributed by atoms with Crippen LogP contribution in [0, 0.1) is 5.41 Å². The van der Waals surface area contributed by atoms with Crippen LogP contribution in [0.15, 0.2) is 0 Å². The van der Waals surface area contributed by atoms with Crippen molar-refractivity contribution in [2.24, 2.45) is 5.41 Å². The van der Waals surface area contributed by atoms with Gasteiger partial charge in [-0.1, -0.05) is 6.92 Å². The van der Waals surface area contributed by atoms with Crippen LogP contribution in [0.4, 0.5) is 0 Å². The third-order valence-electron chi connectivity index (χ3n) is 4.84. The van der Waals surface area contributed by atoms with Crippen LogP contribution < -0.4 is 0 Å². The lowest BCUT2D eigenvalue weighted by Gasteiger charge is -2.24. The number of ether oxygens (including phenoxy) is 1. The second kappa shape index (κ2) is 10.9. The molecule has 1 unspecified atom stereocenters. The fourth-order valence-corrected chi connectivity index (χ4v) is 5.77. The molecule has 144 valence electrons. The predicted molar refractivity (Wildman–Crippen MR) is 100 cm³/mol. The Morgan fingerprint density at radius 3 is 1.96 bits per heavy atom. The van der Waals surface area contributed by atoms with E-state index in [0.29, 0.717) is 6.42 Å². The maximum Gasteiger partial charge on any atom is 0.472 e. The van der Waals surface area contributed by atoms with Crippen molar-refractivity contribution in [3.63, 3.8) is 0 Å². The Hall–Kier alpha value is 0.01000. The molecule has 0 heterocycles. The molecule has 0 aliphatic rings. The molecular weight excluding hydrogens is 350 g/mol. The monoisotopic (exact) mass is 385 g/mol. The van der Waals surface area contributed by atoms with Crippen molar-refractivity contribution in [2.75, 3.05) is 44.5 Å². The largest absolute Gasteiger partial charge is 0.472 e. The van der Waals surface area contributed by atoms with Crippen molar-refractivity contribution >= 4 is 21.1 Å². The topological polar surface area (TPSA) is 82.1 Å². The van der Waals surface area contributed by atoms with Crippen molar-refractivity contribution in [3.8, 4) is 0 Å². The summed E-state index contributed by atoms with van der Waals surface area (Å²) in [4.78, 5) is 21.4. The predicted octanol–water partition coefficient (Wildman–Crippen LogP) is 4.18. The zero-order valence-electron chi connectivity index (χ0n) is 16.0. The third kappa shape index (κ3) is 8.40. The highest BCUT2D eigenvalue weighted by Gasteiger charge is 2.32. The summed E-state index contributed by atoms with van der Waals surface area (Å²) in [6.07, 6.45) is 4.82. The van der Waals surface area contributed by atoms with Crippen molar-refractivity contribution in [1.29, 1.82) is 0 Å². The first kappa shape index (κ1) is 24.0. The average molecular weight is 385 g/mol. The number of carbonyl (C=O) groups is 1. The minimum atomic E-state index is -4.09. The van der Waals surface area contributed by atoms with Gasteiger partial charge < -0.3 is 9.63 Å². The van der Waals surface area contributed by atoms with Gasteiger partial charge in [0.05, 0.1) is 43.3 Å². The second-order valence-corrected chi connectivity index (χ2v) is 13.0. The standard InChI is InChI=1S/C16H34O6P2/c1-7-16(5,6)15(17)20-11-12-21-24(18,19)22-13-14-23(8-2,9-3)10-4/h7-14H2,1-6H3/p+1. The fraction of sp³-hybridized carbons (Fsp3) is 0.938. The highest BCUT2D eigenvalue weighted by atomic mass is 31.2. The Morgan fingerprint density at radius 1 is 1.00 bits per heavy atom. The fourth-order valence-electron chi connectivity index (χ4n) is 2.16. The minimum absolute atomic E-state index is 0.0635. The number of phosphoric ester groups is 1. The first-order valence-electron chi connectivity index (χ1n) is 8.72. The Morgan fingerprint density at radius 2 is 1.50 bits per heavy atom. The molecule has 0 aliphatic carbocycles. The van der Waals surface area contributed by atoms with Gasteiger partial charge in [0.15, 0.2) is 0 Å². The van der Waals surface area contributed by atoms with Crippen molar-refractivity contribution in [1.82, 2.24) is 0 Å². The summed E-state index contributed by atoms with van der Waals surface area (Å²) in [5.41, 5.74) is -0.563. The lowest BCUT2D eigenvalue weighted by molar-refractivity contribution is -0.155. The van der Waals surface area contributed by atoms with E-state index in [2.05, 4.69) is 20.8 Å². The Kier molecular flexibility index (Phi) is 10.9. The van der Waals surface area contributed by atoms with Gasteiger partial charge in [-0.05, 0) is 41.0 Å². The van der Waals surface area contributed by atoms with Gasteiger partial charge in [-0.2, -0.15) is 0 Å². The van der Waals surface area contributed by atoms with Crippen molar-refractivity contribution in [2.45, 2.75) is 48.0 Å². The Balaban J connectivity index is 4.15. The molecule has 0 aliphatic heterocycles. The van der Waals surface area contributed by atoms with Gasteiger partial charge in [0.2, 0.25) is 0 Å². The van der Waals surface area contributed by atoms with Crippen LogP contribution in [0.5, 0.6) is 0 Å². The summed E-state index contributed by atoms with van der Waals surface area (Å²) in [5.74, 6) is -0.342. The molecular formula is C16H35O6P2+. The molecule has 0 rings (SSSR count). The van der Waals surface area contributed by atoms with Crippen LogP contribution in [0.3, 0.4) is 0 Å². The molecule has 0 aromatic carbocycles. The van der Waals surface area contributed by atoms with E-state index >= 15 is 0 Å². The minimum Gasteiger partial charge on any atom is -0.463 e. The molecule has 0 bridgehead atoms. The molecule has 1 N–H and O–H groups in total. The number of rotatable bonds is 13. The molecule has 24 heavy (non-hydrogen) atoms. The number of esters is 1. The highest BCUT2D eigenvalue weighted by molar-refractivity contribution is 7.75. The Bertz CT molecular complexity index is 413. The molecule has 0 aromatic heterocycles. The molecule has 6 nitrogen and oxygen atoms in total. The average Bonchev–Trinajstić information content (AvgIpc) is 2.55. The van der Waals surface area contributed by atoms with E-state index in [9.17, 15) is 14.3 Å². The molecule has 0 saturated heterocycles. The van der Waals surface area contributed by atoms with Gasteiger partial charge >= 0.3 is 13.8 Å². The Labute approximate surface area is 147 Å². The lowest BCUT2D eigenvalue weighted by Crippen LogP contribution is -2.26. The first-order chi connectivity index (χ1) is 11.1. The van der Waals surface area contributed by atoms with E-state index in [-0.39, 0.29) is 25.8 Å². The summed E-state index contributed by atoms with van der Waals surface area (Å²) >= 11 is 0. The van der Waals surface area contributed by atoms with E-state index in [1.165, 1.54) is 0 Å². The first-order valence-corrected chi connectivity index (χ1v) is 12.7. The third-order valence-corrected chi connectivity index (χ3v) is 11.0. The van der Waals surface area contributed by atoms with Crippen LogP contribution in [0.25, 0.3) is 0 Å². The number of hydrogen-bond donors (Lipinski definition) is 1. The van der Waals surface area contributed by atoms with Crippen molar-refractivity contribution < 1.29 is 28.0 Å². The van der Waals surface area contributed by atoms with E-state index in [1.807, 2.05) is 6.92 Å². The van der Waals surface area contributed by atoms with Crippen LogP contribution in [0.2, 0.25) is 0 Å². The molecule has 8 heteroatoms. The normalized spacial score (nSPS) is 15.1. The van der Waals surface area contributed by atoms with Gasteiger partial charge in [0, 0.05) is 7.26 Å². The highest BCUT2D eigenvalue weighted by Crippen LogP contribution is 2.58. The van der Waals surface area contributed by atoms with Gasteiger partial charge in [-0.25, -0.2) is 4.57 Å². The molecule has 0 aromatic rings. The summed E-state index contributed by atoms with van der Waals surface area (Å²) in [6, 6.07) is 0. The molecule has 0 fully saturated rings. The van der Waals surface area contributed by atoms with Crippen LogP contribution in [0.1, 0.15) is 48.0 Å². The van der Waals surface area contributed by atoms with E-state index < -0.39 is 20.5 Å². The molecule has 0 amide bonds. The molecule has 0 spiro atoms. The zero-order chi connectivity index (χ0) is 18.9. The smallest absolute Gasteiger partial charge is 0.463 e. The zero-order valence-corrected chi connectivity index (χ0v) is 17.8. The summed E-state index contributed by atoms with van der Waals surface area (Å²) in [5, 5.41) is 0. The van der Waals surface area contributed by atoms with Crippen LogP contribution >= 0.6 is 15.1 Å². The number of phosphoric acid groups is 1.